The Morgan fingerprint density at radius 2 is 1.79 bits per heavy atom. The molecule has 0 aromatic carbocycles. The van der Waals surface area contributed by atoms with E-state index in [1.807, 2.05) is 0 Å². The molecule has 1 saturated carbocycles. The highest BCUT2D eigenvalue weighted by Crippen LogP contribution is 2.23. The van der Waals surface area contributed by atoms with Crippen molar-refractivity contribution in [2.45, 2.75) is 50.7 Å². The predicted molar refractivity (Wildman–Crippen MR) is 73.7 cm³/mol. The first-order chi connectivity index (χ1) is 9.03. The molecule has 1 rings (SSSR count). The molecule has 0 spiro atoms. The maximum absolute atomic E-state index is 11.9. The minimum Gasteiger partial charge on any atom is -0.372 e. The Kier molecular flexibility index (Phi) is 8.34. The van der Waals surface area contributed by atoms with Gasteiger partial charge in [0.1, 0.15) is 6.61 Å². The number of hydrogen-bond donors (Lipinski definition) is 0. The normalized spacial score (nSPS) is 18.2. The van der Waals surface area contributed by atoms with Gasteiger partial charge >= 0.3 is 6.18 Å². The van der Waals surface area contributed by atoms with Gasteiger partial charge in [0, 0.05) is 31.1 Å². The molecule has 0 aromatic heterocycles. The average Bonchev–Trinajstić information content (AvgIpc) is 2.37. The van der Waals surface area contributed by atoms with Crippen molar-refractivity contribution in [1.29, 1.82) is 0 Å². The summed E-state index contributed by atoms with van der Waals surface area (Å²) in [5.41, 5.74) is 0. The SMILES string of the molecule is FC(F)(F)COCCCN(CCBr)C1CCCCC1. The quantitative estimate of drug-likeness (QED) is 0.487. The molecule has 2 nitrogen and oxygen atoms in total. The zero-order valence-corrected chi connectivity index (χ0v) is 12.8. The van der Waals surface area contributed by atoms with Crippen LogP contribution in [0, 0.1) is 0 Å². The standard InChI is InChI=1S/C13H23BrF3NO/c14-7-9-18(12-5-2-1-3-6-12)8-4-10-19-11-13(15,16)17/h12H,1-11H2. The number of alkyl halides is 4. The van der Waals surface area contributed by atoms with Gasteiger partial charge in [-0.2, -0.15) is 13.2 Å². The van der Waals surface area contributed by atoms with Crippen molar-refractivity contribution in [3.8, 4) is 0 Å². The summed E-state index contributed by atoms with van der Waals surface area (Å²) < 4.78 is 40.4. The van der Waals surface area contributed by atoms with Crippen molar-refractivity contribution in [3.63, 3.8) is 0 Å². The maximum atomic E-state index is 11.9. The summed E-state index contributed by atoms with van der Waals surface area (Å²) >= 11 is 3.44. The van der Waals surface area contributed by atoms with Crippen LogP contribution in [0.3, 0.4) is 0 Å². The Hall–Kier alpha value is 0.190. The smallest absolute Gasteiger partial charge is 0.372 e. The Bertz CT molecular complexity index is 232. The molecule has 0 N–H and O–H groups in total. The monoisotopic (exact) mass is 345 g/mol. The molecule has 0 amide bonds. The molecule has 0 bridgehead atoms. The second kappa shape index (κ2) is 9.19. The predicted octanol–water partition coefficient (Wildman–Crippen LogP) is 3.99. The average molecular weight is 346 g/mol. The van der Waals surface area contributed by atoms with Gasteiger partial charge in [0.05, 0.1) is 0 Å². The highest BCUT2D eigenvalue weighted by atomic mass is 79.9. The summed E-state index contributed by atoms with van der Waals surface area (Å²) in [7, 11) is 0. The van der Waals surface area contributed by atoms with Crippen LogP contribution >= 0.6 is 15.9 Å². The van der Waals surface area contributed by atoms with Crippen LogP contribution in [0.1, 0.15) is 38.5 Å². The fourth-order valence-corrected chi connectivity index (χ4v) is 3.04. The molecular formula is C13H23BrF3NO. The van der Waals surface area contributed by atoms with E-state index in [1.54, 1.807) is 0 Å². The van der Waals surface area contributed by atoms with E-state index in [4.69, 9.17) is 0 Å². The lowest BCUT2D eigenvalue weighted by molar-refractivity contribution is -0.174. The molecule has 6 heteroatoms. The van der Waals surface area contributed by atoms with E-state index in [9.17, 15) is 13.2 Å². The molecule has 1 aliphatic carbocycles. The molecule has 0 aliphatic heterocycles. The van der Waals surface area contributed by atoms with Crippen LogP contribution in [-0.2, 0) is 4.74 Å². The largest absolute Gasteiger partial charge is 0.411 e. The highest BCUT2D eigenvalue weighted by molar-refractivity contribution is 9.09. The van der Waals surface area contributed by atoms with Crippen LogP contribution in [-0.4, -0.2) is 48.8 Å². The third kappa shape index (κ3) is 8.15. The van der Waals surface area contributed by atoms with Crippen LogP contribution in [0.4, 0.5) is 13.2 Å². The lowest BCUT2D eigenvalue weighted by atomic mass is 9.94. The molecule has 1 fully saturated rings. The molecule has 0 heterocycles. The fraction of sp³-hybridized carbons (Fsp3) is 1.00. The topological polar surface area (TPSA) is 12.5 Å². The van der Waals surface area contributed by atoms with Crippen molar-refractivity contribution in [2.75, 3.05) is 31.6 Å². The Morgan fingerprint density at radius 1 is 1.11 bits per heavy atom. The summed E-state index contributed by atoms with van der Waals surface area (Å²) in [5, 5.41) is 0.910. The van der Waals surface area contributed by atoms with Crippen molar-refractivity contribution in [3.05, 3.63) is 0 Å². The summed E-state index contributed by atoms with van der Waals surface area (Å²) in [5.74, 6) is 0. The second-order valence-corrected chi connectivity index (χ2v) is 5.83. The van der Waals surface area contributed by atoms with Crippen molar-refractivity contribution in [1.82, 2.24) is 4.90 Å². The first kappa shape index (κ1) is 17.2. The third-order valence-electron chi connectivity index (χ3n) is 3.46. The van der Waals surface area contributed by atoms with Crippen molar-refractivity contribution >= 4 is 15.9 Å². The summed E-state index contributed by atoms with van der Waals surface area (Å²) in [6.07, 6.45) is 2.75. The number of ether oxygens (including phenoxy) is 1. The third-order valence-corrected chi connectivity index (χ3v) is 3.82. The minimum absolute atomic E-state index is 0.186. The van der Waals surface area contributed by atoms with Crippen molar-refractivity contribution < 1.29 is 17.9 Å². The molecule has 0 saturated heterocycles. The van der Waals surface area contributed by atoms with E-state index in [2.05, 4.69) is 25.6 Å². The van der Waals surface area contributed by atoms with Gasteiger partial charge in [-0.25, -0.2) is 0 Å². The van der Waals surface area contributed by atoms with Gasteiger partial charge in [0.25, 0.3) is 0 Å². The molecule has 114 valence electrons. The van der Waals surface area contributed by atoms with E-state index in [-0.39, 0.29) is 6.61 Å². The Balaban J connectivity index is 2.18. The molecule has 0 unspecified atom stereocenters. The molecule has 1 aliphatic rings. The van der Waals surface area contributed by atoms with Crippen molar-refractivity contribution in [2.24, 2.45) is 0 Å². The van der Waals surface area contributed by atoms with E-state index in [0.717, 1.165) is 18.4 Å². The lowest BCUT2D eigenvalue weighted by Gasteiger charge is -2.34. The van der Waals surface area contributed by atoms with Crippen LogP contribution < -0.4 is 0 Å². The van der Waals surface area contributed by atoms with Gasteiger partial charge in [-0.15, -0.1) is 0 Å². The first-order valence-corrected chi connectivity index (χ1v) is 8.09. The summed E-state index contributed by atoms with van der Waals surface area (Å²) in [6, 6.07) is 0.605. The molecule has 19 heavy (non-hydrogen) atoms. The van der Waals surface area contributed by atoms with Gasteiger partial charge < -0.3 is 4.74 Å². The summed E-state index contributed by atoms with van der Waals surface area (Å²) in [6.45, 7) is 0.845. The van der Waals surface area contributed by atoms with Gasteiger partial charge in [0.2, 0.25) is 0 Å². The van der Waals surface area contributed by atoms with Crippen LogP contribution in [0.25, 0.3) is 0 Å². The minimum atomic E-state index is -4.21. The zero-order valence-electron chi connectivity index (χ0n) is 11.2. The highest BCUT2D eigenvalue weighted by Gasteiger charge is 2.27. The molecule has 0 radical (unpaired) electrons. The Labute approximate surface area is 121 Å². The first-order valence-electron chi connectivity index (χ1n) is 6.97. The summed E-state index contributed by atoms with van der Waals surface area (Å²) in [4.78, 5) is 2.39. The van der Waals surface area contributed by atoms with Crippen LogP contribution in [0.5, 0.6) is 0 Å². The van der Waals surface area contributed by atoms with E-state index in [1.165, 1.54) is 32.1 Å². The van der Waals surface area contributed by atoms with Gasteiger partial charge in [-0.3, -0.25) is 4.90 Å². The fourth-order valence-electron chi connectivity index (χ4n) is 2.59. The second-order valence-electron chi connectivity index (χ2n) is 5.04. The lowest BCUT2D eigenvalue weighted by Crippen LogP contribution is -2.39. The number of halogens is 4. The van der Waals surface area contributed by atoms with Gasteiger partial charge in [-0.1, -0.05) is 35.2 Å². The van der Waals surface area contributed by atoms with Crippen LogP contribution in [0.15, 0.2) is 0 Å². The number of rotatable bonds is 8. The maximum Gasteiger partial charge on any atom is 0.411 e. The number of nitrogens with zero attached hydrogens (tertiary/aromatic N) is 1. The molecular weight excluding hydrogens is 323 g/mol. The van der Waals surface area contributed by atoms with E-state index >= 15 is 0 Å². The Morgan fingerprint density at radius 3 is 2.37 bits per heavy atom. The molecule has 0 aromatic rings. The van der Waals surface area contributed by atoms with E-state index in [0.29, 0.717) is 12.5 Å². The molecule has 0 atom stereocenters. The zero-order chi connectivity index (χ0) is 14.1. The van der Waals surface area contributed by atoms with E-state index < -0.39 is 12.8 Å². The van der Waals surface area contributed by atoms with Crippen LogP contribution in [0.2, 0.25) is 0 Å². The van der Waals surface area contributed by atoms with Gasteiger partial charge in [-0.05, 0) is 19.3 Å². The van der Waals surface area contributed by atoms with Gasteiger partial charge in [0.15, 0.2) is 0 Å². The number of hydrogen-bond acceptors (Lipinski definition) is 2.